The second kappa shape index (κ2) is 8.59. The van der Waals surface area contributed by atoms with Crippen molar-refractivity contribution in [2.24, 2.45) is 5.92 Å². The molecule has 0 spiro atoms. The Morgan fingerprint density at radius 2 is 1.83 bits per heavy atom. The largest absolute Gasteiger partial charge is 0.465 e. The molecule has 0 fully saturated rings. The van der Waals surface area contributed by atoms with Crippen molar-refractivity contribution in [3.63, 3.8) is 0 Å². The number of hydrogen-bond acceptors (Lipinski definition) is 6. The molecule has 0 bridgehead atoms. The molecule has 0 N–H and O–H groups in total. The number of hydrogen-bond donors (Lipinski definition) is 0. The maximum Gasteiger partial charge on any atom is 0.334 e. The first kappa shape index (κ1) is 20.6. The van der Waals surface area contributed by atoms with E-state index in [1.165, 1.54) is 7.11 Å². The van der Waals surface area contributed by atoms with Gasteiger partial charge >= 0.3 is 11.9 Å². The van der Waals surface area contributed by atoms with Crippen molar-refractivity contribution in [3.8, 4) is 0 Å². The van der Waals surface area contributed by atoms with E-state index in [9.17, 15) is 9.59 Å². The van der Waals surface area contributed by atoms with E-state index in [2.05, 4.69) is 0 Å². The lowest BCUT2D eigenvalue weighted by molar-refractivity contribution is -0.184. The van der Waals surface area contributed by atoms with Crippen LogP contribution in [0.5, 0.6) is 0 Å². The molecule has 24 heavy (non-hydrogen) atoms. The summed E-state index contributed by atoms with van der Waals surface area (Å²) in [6, 6.07) is 0. The van der Waals surface area contributed by atoms with Crippen LogP contribution < -0.4 is 0 Å². The predicted molar refractivity (Wildman–Crippen MR) is 92.8 cm³/mol. The van der Waals surface area contributed by atoms with Gasteiger partial charge in [-0.3, -0.25) is 4.79 Å². The molecule has 0 heterocycles. The van der Waals surface area contributed by atoms with E-state index in [4.69, 9.17) is 18.6 Å². The van der Waals surface area contributed by atoms with E-state index >= 15 is 0 Å². The highest BCUT2D eigenvalue weighted by atomic mass is 28.4. The fourth-order valence-electron chi connectivity index (χ4n) is 2.49. The quantitative estimate of drug-likeness (QED) is 0.302. The summed E-state index contributed by atoms with van der Waals surface area (Å²) in [5, 5.41) is 0. The Bertz CT molecular complexity index is 520. The summed E-state index contributed by atoms with van der Waals surface area (Å²) in [6.07, 6.45) is 5.37. The number of rotatable bonds is 7. The van der Waals surface area contributed by atoms with Crippen molar-refractivity contribution in [2.75, 3.05) is 20.3 Å². The van der Waals surface area contributed by atoms with Crippen LogP contribution in [0.4, 0.5) is 0 Å². The third-order valence-electron chi connectivity index (χ3n) is 3.35. The maximum absolute atomic E-state index is 12.5. The van der Waals surface area contributed by atoms with E-state index in [0.29, 0.717) is 12.0 Å². The molecular weight excluding hydrogens is 328 g/mol. The monoisotopic (exact) mass is 356 g/mol. The number of allylic oxidation sites excluding steroid dienone is 1. The molecule has 1 rings (SSSR count). The fraction of sp³-hybridized carbons (Fsp3) is 0.647. The van der Waals surface area contributed by atoms with Crippen molar-refractivity contribution in [1.29, 1.82) is 0 Å². The van der Waals surface area contributed by atoms with Gasteiger partial charge in [-0.15, -0.1) is 0 Å². The summed E-state index contributed by atoms with van der Waals surface area (Å²) < 4.78 is 22.1. The van der Waals surface area contributed by atoms with Gasteiger partial charge in [-0.05, 0) is 46.0 Å². The fourth-order valence-corrected chi connectivity index (χ4v) is 3.73. The van der Waals surface area contributed by atoms with Gasteiger partial charge in [0.15, 0.2) is 14.1 Å². The molecule has 0 radical (unpaired) electrons. The minimum Gasteiger partial charge on any atom is -0.465 e. The average Bonchev–Trinajstić information content (AvgIpc) is 2.66. The van der Waals surface area contributed by atoms with E-state index in [1.54, 1.807) is 32.1 Å². The Labute approximate surface area is 144 Å². The molecular formula is C17H28O6Si. The van der Waals surface area contributed by atoms with Gasteiger partial charge in [0.25, 0.3) is 0 Å². The normalized spacial score (nSPS) is 24.1. The lowest BCUT2D eigenvalue weighted by Gasteiger charge is -2.38. The van der Waals surface area contributed by atoms with Crippen molar-refractivity contribution >= 4 is 20.3 Å². The van der Waals surface area contributed by atoms with Crippen LogP contribution >= 0.6 is 0 Å². The Hall–Kier alpha value is -1.44. The summed E-state index contributed by atoms with van der Waals surface area (Å²) in [5.41, 5.74) is 0.393. The van der Waals surface area contributed by atoms with Gasteiger partial charge in [0.2, 0.25) is 0 Å². The van der Waals surface area contributed by atoms with Gasteiger partial charge < -0.3 is 18.6 Å². The van der Waals surface area contributed by atoms with Crippen molar-refractivity contribution in [3.05, 3.63) is 23.8 Å². The van der Waals surface area contributed by atoms with Crippen LogP contribution in [0.25, 0.3) is 0 Å². The van der Waals surface area contributed by atoms with Crippen molar-refractivity contribution < 1.29 is 28.2 Å². The van der Waals surface area contributed by atoms with E-state index in [1.807, 2.05) is 19.6 Å². The molecule has 0 saturated heterocycles. The van der Waals surface area contributed by atoms with E-state index < -0.39 is 32.0 Å². The zero-order valence-corrected chi connectivity index (χ0v) is 16.4. The first-order valence-electron chi connectivity index (χ1n) is 8.16. The van der Waals surface area contributed by atoms with Gasteiger partial charge in [0.05, 0.1) is 13.2 Å². The van der Waals surface area contributed by atoms with E-state index in [0.717, 1.165) is 0 Å². The molecule has 2 atom stereocenters. The van der Waals surface area contributed by atoms with Crippen LogP contribution in [0, 0.1) is 5.92 Å². The number of carbonyl (C=O) groups excluding carboxylic acids is 2. The SMILES string of the molecule is CCOC(=O)C1=CC(C(=O)OCC)C(OC)(O[Si](C)(C)C)C=CC1. The first-order chi connectivity index (χ1) is 11.2. The summed E-state index contributed by atoms with van der Waals surface area (Å²) in [6.45, 7) is 9.98. The number of methoxy groups -OCH3 is 1. The molecule has 7 heteroatoms. The molecule has 2 unspecified atom stereocenters. The van der Waals surface area contributed by atoms with Gasteiger partial charge in [-0.25, -0.2) is 4.79 Å². The van der Waals surface area contributed by atoms with E-state index in [-0.39, 0.29) is 13.2 Å². The van der Waals surface area contributed by atoms with Crippen molar-refractivity contribution in [1.82, 2.24) is 0 Å². The molecule has 136 valence electrons. The van der Waals surface area contributed by atoms with Crippen LogP contribution in [0.3, 0.4) is 0 Å². The van der Waals surface area contributed by atoms with Gasteiger partial charge in [0.1, 0.15) is 5.92 Å². The smallest absolute Gasteiger partial charge is 0.334 e. The zero-order valence-electron chi connectivity index (χ0n) is 15.4. The summed E-state index contributed by atoms with van der Waals surface area (Å²) in [4.78, 5) is 24.7. The average molecular weight is 356 g/mol. The Morgan fingerprint density at radius 1 is 1.21 bits per heavy atom. The second-order valence-electron chi connectivity index (χ2n) is 6.39. The topological polar surface area (TPSA) is 71.1 Å². The first-order valence-corrected chi connectivity index (χ1v) is 11.6. The standard InChI is InChI=1S/C17H28O6Si/c1-7-21-15(18)13-10-9-11-17(20-3,23-24(4,5)6)14(12-13)16(19)22-8-2/h9,11-12,14H,7-8,10H2,1-6H3. The molecule has 0 aromatic rings. The number of ether oxygens (including phenoxy) is 3. The van der Waals surface area contributed by atoms with Crippen LogP contribution in [0.2, 0.25) is 19.6 Å². The molecule has 6 nitrogen and oxygen atoms in total. The highest BCUT2D eigenvalue weighted by Gasteiger charge is 2.46. The van der Waals surface area contributed by atoms with Gasteiger partial charge in [0, 0.05) is 12.7 Å². The van der Waals surface area contributed by atoms with Crippen molar-refractivity contribution in [2.45, 2.75) is 45.7 Å². The molecule has 0 aromatic heterocycles. The number of carbonyl (C=O) groups is 2. The zero-order chi connectivity index (χ0) is 18.4. The molecule has 0 saturated carbocycles. The molecule has 1 aliphatic carbocycles. The van der Waals surface area contributed by atoms with Crippen LogP contribution in [0.15, 0.2) is 23.8 Å². The molecule has 1 aliphatic rings. The van der Waals surface area contributed by atoms with Crippen LogP contribution in [-0.4, -0.2) is 46.4 Å². The minimum atomic E-state index is -2.06. The summed E-state index contributed by atoms with van der Waals surface area (Å²) in [7, 11) is -0.579. The third kappa shape index (κ3) is 5.29. The van der Waals surface area contributed by atoms with Gasteiger partial charge in [-0.1, -0.05) is 12.2 Å². The summed E-state index contributed by atoms with van der Waals surface area (Å²) >= 11 is 0. The Balaban J connectivity index is 3.35. The lowest BCUT2D eigenvalue weighted by Crippen LogP contribution is -2.50. The molecule has 0 aromatic carbocycles. The summed E-state index contributed by atoms with van der Waals surface area (Å²) in [5.74, 6) is -3.11. The second-order valence-corrected chi connectivity index (χ2v) is 10.8. The third-order valence-corrected chi connectivity index (χ3v) is 4.28. The van der Waals surface area contributed by atoms with Crippen LogP contribution in [-0.2, 0) is 28.2 Å². The molecule has 0 amide bonds. The minimum absolute atomic E-state index is 0.231. The number of esters is 2. The lowest BCUT2D eigenvalue weighted by atomic mass is 9.97. The highest BCUT2D eigenvalue weighted by molar-refractivity contribution is 6.69. The highest BCUT2D eigenvalue weighted by Crippen LogP contribution is 2.35. The Kier molecular flexibility index (Phi) is 7.38. The predicted octanol–water partition coefficient (Wildman–Crippen LogP) is 2.81. The Morgan fingerprint density at radius 3 is 2.33 bits per heavy atom. The van der Waals surface area contributed by atoms with Crippen LogP contribution in [0.1, 0.15) is 20.3 Å². The van der Waals surface area contributed by atoms with Gasteiger partial charge in [-0.2, -0.15) is 0 Å². The molecule has 0 aliphatic heterocycles. The maximum atomic E-state index is 12.5.